The van der Waals surface area contributed by atoms with E-state index < -0.39 is 0 Å². The molecule has 0 amide bonds. The van der Waals surface area contributed by atoms with Crippen LogP contribution in [-0.2, 0) is 0 Å². The third kappa shape index (κ3) is 12.0. The number of halogens is 2. The molecule has 18 heavy (non-hydrogen) atoms. The first kappa shape index (κ1) is 18.9. The fourth-order valence-electron chi connectivity index (χ4n) is 1.91. The van der Waals surface area contributed by atoms with E-state index in [-0.39, 0.29) is 0 Å². The lowest BCUT2D eigenvalue weighted by molar-refractivity contribution is 0.666. The Hall–Kier alpha value is 0.940. The van der Waals surface area contributed by atoms with Gasteiger partial charge in [0, 0.05) is 0 Å². The minimum absolute atomic E-state index is 1.25. The summed E-state index contributed by atoms with van der Waals surface area (Å²) in [7, 11) is 0. The largest absolute Gasteiger partial charge is 0.0654 e. The molecule has 0 heterocycles. The fourth-order valence-corrected chi connectivity index (χ4v) is 3.18. The molecule has 0 rings (SSSR count). The molecule has 0 atom stereocenters. The molecule has 0 fully saturated rings. The monoisotopic (exact) mass is 474 g/mol. The van der Waals surface area contributed by atoms with Crippen LogP contribution in [0.15, 0.2) is 19.3 Å². The number of rotatable bonds is 11. The molecular weight excluding hydrogens is 446 g/mol. The van der Waals surface area contributed by atoms with Crippen LogP contribution in [0.2, 0.25) is 0 Å². The quantitative estimate of drug-likeness (QED) is 0.165. The summed E-state index contributed by atoms with van der Waals surface area (Å²) >= 11 is 4.90. The minimum atomic E-state index is 1.25. The Balaban J connectivity index is 3.85. The van der Waals surface area contributed by atoms with E-state index in [4.69, 9.17) is 0 Å². The minimum Gasteiger partial charge on any atom is -0.0654 e. The zero-order chi connectivity index (χ0) is 13.6. The fraction of sp³-hybridized carbons (Fsp3) is 0.750. The summed E-state index contributed by atoms with van der Waals surface area (Å²) in [6.07, 6.45) is 15.8. The second-order valence-electron chi connectivity index (χ2n) is 4.90. The maximum Gasteiger partial charge on any atom is -0.00912 e. The van der Waals surface area contributed by atoms with Crippen molar-refractivity contribution in [3.63, 3.8) is 0 Å². The smallest absolute Gasteiger partial charge is 0.00912 e. The first-order valence-electron chi connectivity index (χ1n) is 7.39. The van der Waals surface area contributed by atoms with Gasteiger partial charge in [0.25, 0.3) is 0 Å². The molecule has 2 heteroatoms. The van der Waals surface area contributed by atoms with Crippen molar-refractivity contribution >= 4 is 45.2 Å². The molecule has 0 N–H and O–H groups in total. The zero-order valence-electron chi connectivity index (χ0n) is 12.0. The predicted octanol–water partition coefficient (Wildman–Crippen LogP) is 7.57. The van der Waals surface area contributed by atoms with Crippen molar-refractivity contribution in [3.05, 3.63) is 19.3 Å². The molecule has 106 valence electrons. The van der Waals surface area contributed by atoms with Gasteiger partial charge in [0.1, 0.15) is 0 Å². The highest BCUT2D eigenvalue weighted by Crippen LogP contribution is 2.22. The van der Waals surface area contributed by atoms with Gasteiger partial charge < -0.3 is 0 Å². The third-order valence-electron chi connectivity index (χ3n) is 3.07. The second kappa shape index (κ2) is 14.4. The summed E-state index contributed by atoms with van der Waals surface area (Å²) in [6, 6.07) is 0. The van der Waals surface area contributed by atoms with E-state index in [0.717, 1.165) is 0 Å². The van der Waals surface area contributed by atoms with E-state index in [2.05, 4.69) is 69.2 Å². The van der Waals surface area contributed by atoms with Gasteiger partial charge in [-0.2, -0.15) is 0 Å². The average Bonchev–Trinajstić information content (AvgIpc) is 2.38. The van der Waals surface area contributed by atoms with Crippen molar-refractivity contribution in [2.24, 2.45) is 0 Å². The van der Waals surface area contributed by atoms with Crippen LogP contribution in [-0.4, -0.2) is 0 Å². The molecule has 0 radical (unpaired) electrons. The molecule has 0 aromatic heterocycles. The summed E-state index contributed by atoms with van der Waals surface area (Å²) in [5.74, 6) is 0. The number of allylic oxidation sites excluding steroid dienone is 3. The molecule has 0 spiro atoms. The molecule has 0 aromatic carbocycles. The van der Waals surface area contributed by atoms with Gasteiger partial charge >= 0.3 is 0 Å². The summed E-state index contributed by atoms with van der Waals surface area (Å²) < 4.78 is 3.79. The normalized spacial score (nSPS) is 13.1. The van der Waals surface area contributed by atoms with Crippen LogP contribution in [0, 0.1) is 0 Å². The Morgan fingerprint density at radius 3 is 1.89 bits per heavy atom. The van der Waals surface area contributed by atoms with Crippen LogP contribution in [0.25, 0.3) is 0 Å². The van der Waals surface area contributed by atoms with Crippen LogP contribution in [0.4, 0.5) is 0 Å². The Labute approximate surface area is 141 Å². The Morgan fingerprint density at radius 2 is 1.39 bits per heavy atom. The number of unbranched alkanes of at least 4 members (excludes halogenated alkanes) is 6. The van der Waals surface area contributed by atoms with Gasteiger partial charge in [-0.3, -0.25) is 0 Å². The van der Waals surface area contributed by atoms with Crippen LogP contribution >= 0.6 is 45.2 Å². The van der Waals surface area contributed by atoms with E-state index in [1.165, 1.54) is 73.4 Å². The zero-order valence-corrected chi connectivity index (χ0v) is 16.3. The van der Waals surface area contributed by atoms with Crippen molar-refractivity contribution < 1.29 is 0 Å². The highest BCUT2D eigenvalue weighted by molar-refractivity contribution is 14.1. The van der Waals surface area contributed by atoms with Crippen molar-refractivity contribution in [2.45, 2.75) is 78.1 Å². The molecule has 0 bridgehead atoms. The standard InChI is InChI=1S/C16H28I2/c1-3-5-7-9-11-15(14-17)13-16(18)12-10-8-6-4-2/h13-14H,3-12H2,1-2H3. The van der Waals surface area contributed by atoms with Crippen molar-refractivity contribution in [1.82, 2.24) is 0 Å². The number of hydrogen-bond donors (Lipinski definition) is 0. The van der Waals surface area contributed by atoms with Gasteiger partial charge in [-0.25, -0.2) is 0 Å². The van der Waals surface area contributed by atoms with E-state index in [9.17, 15) is 0 Å². The second-order valence-corrected chi connectivity index (χ2v) is 6.90. The molecule has 0 aliphatic carbocycles. The van der Waals surface area contributed by atoms with E-state index in [1.807, 2.05) is 0 Å². The van der Waals surface area contributed by atoms with E-state index in [0.29, 0.717) is 0 Å². The molecule has 0 saturated heterocycles. The lowest BCUT2D eigenvalue weighted by Gasteiger charge is -2.04. The Morgan fingerprint density at radius 1 is 0.833 bits per heavy atom. The maximum atomic E-state index is 2.52. The predicted molar refractivity (Wildman–Crippen MR) is 102 cm³/mol. The summed E-state index contributed by atoms with van der Waals surface area (Å²) in [6.45, 7) is 4.54. The van der Waals surface area contributed by atoms with Gasteiger partial charge in [-0.15, -0.1) is 0 Å². The molecule has 0 aromatic rings. The van der Waals surface area contributed by atoms with Gasteiger partial charge in [0.2, 0.25) is 0 Å². The average molecular weight is 474 g/mol. The van der Waals surface area contributed by atoms with Crippen LogP contribution < -0.4 is 0 Å². The van der Waals surface area contributed by atoms with Crippen LogP contribution in [0.5, 0.6) is 0 Å². The molecule has 0 saturated carbocycles. The Bertz CT molecular complexity index is 241. The molecule has 0 nitrogen and oxygen atoms in total. The van der Waals surface area contributed by atoms with Crippen LogP contribution in [0.3, 0.4) is 0 Å². The maximum absolute atomic E-state index is 2.52. The van der Waals surface area contributed by atoms with Crippen molar-refractivity contribution in [1.29, 1.82) is 0 Å². The summed E-state index contributed by atoms with van der Waals surface area (Å²) in [5, 5.41) is 0. The highest BCUT2D eigenvalue weighted by atomic mass is 127. The van der Waals surface area contributed by atoms with Gasteiger partial charge in [-0.05, 0) is 67.6 Å². The first-order chi connectivity index (χ1) is 8.74. The van der Waals surface area contributed by atoms with Crippen molar-refractivity contribution in [3.8, 4) is 0 Å². The van der Waals surface area contributed by atoms with Crippen molar-refractivity contribution in [2.75, 3.05) is 0 Å². The van der Waals surface area contributed by atoms with E-state index >= 15 is 0 Å². The van der Waals surface area contributed by atoms with E-state index in [1.54, 1.807) is 0 Å². The number of hydrogen-bond acceptors (Lipinski definition) is 0. The van der Waals surface area contributed by atoms with Gasteiger partial charge in [0.15, 0.2) is 0 Å². The van der Waals surface area contributed by atoms with Gasteiger partial charge in [0.05, 0.1) is 0 Å². The van der Waals surface area contributed by atoms with Gasteiger partial charge in [-0.1, -0.05) is 75.0 Å². The van der Waals surface area contributed by atoms with Crippen LogP contribution in [0.1, 0.15) is 78.1 Å². The first-order valence-corrected chi connectivity index (χ1v) is 9.72. The summed E-state index contributed by atoms with van der Waals surface area (Å²) in [4.78, 5) is 0. The molecule has 0 unspecified atom stereocenters. The molecule has 0 aliphatic heterocycles. The summed E-state index contributed by atoms with van der Waals surface area (Å²) in [5.41, 5.74) is 1.52. The molecule has 0 aliphatic rings. The Kier molecular flexibility index (Phi) is 15.1. The SMILES string of the molecule is CCCCCCC(I)=CC(=CI)CCCCCC. The topological polar surface area (TPSA) is 0 Å². The highest BCUT2D eigenvalue weighted by Gasteiger charge is 1.98. The molecular formula is C16H28I2. The lowest BCUT2D eigenvalue weighted by Crippen LogP contribution is -1.83. The lowest BCUT2D eigenvalue weighted by atomic mass is 10.1. The third-order valence-corrected chi connectivity index (χ3v) is 4.72.